The summed E-state index contributed by atoms with van der Waals surface area (Å²) in [5.41, 5.74) is 10.9. The van der Waals surface area contributed by atoms with Crippen molar-refractivity contribution in [1.29, 1.82) is 0 Å². The quantitative estimate of drug-likeness (QED) is 0.471. The lowest BCUT2D eigenvalue weighted by molar-refractivity contribution is -0.138. The second-order valence-corrected chi connectivity index (χ2v) is 9.28. The second kappa shape index (κ2) is 7.92. The van der Waals surface area contributed by atoms with Gasteiger partial charge in [-0.05, 0) is 68.0 Å². The molecule has 1 aromatic carbocycles. The first-order valence-corrected chi connectivity index (χ1v) is 11.7. The van der Waals surface area contributed by atoms with E-state index in [1.807, 2.05) is 24.3 Å². The molecule has 34 heavy (non-hydrogen) atoms. The van der Waals surface area contributed by atoms with Crippen LogP contribution in [0.15, 0.2) is 60.9 Å². The Balaban J connectivity index is 1.50. The van der Waals surface area contributed by atoms with Crippen LogP contribution in [0.4, 0.5) is 5.95 Å². The zero-order chi connectivity index (χ0) is 23.3. The molecule has 1 atom stereocenters. The molecule has 4 heterocycles. The Morgan fingerprint density at radius 3 is 2.59 bits per heavy atom. The van der Waals surface area contributed by atoms with Crippen molar-refractivity contribution in [2.45, 2.75) is 43.7 Å². The molecule has 1 saturated carbocycles. The van der Waals surface area contributed by atoms with Gasteiger partial charge in [-0.15, -0.1) is 0 Å². The van der Waals surface area contributed by atoms with Gasteiger partial charge >= 0.3 is 5.97 Å². The van der Waals surface area contributed by atoms with Crippen LogP contribution in [0.2, 0.25) is 0 Å². The molecule has 2 fully saturated rings. The third-order valence-corrected chi connectivity index (χ3v) is 7.20. The fourth-order valence-electron chi connectivity index (χ4n) is 5.13. The molecule has 172 valence electrons. The number of rotatable bonds is 5. The molecule has 0 amide bonds. The molecule has 2 aliphatic rings. The van der Waals surface area contributed by atoms with E-state index in [0.717, 1.165) is 59.4 Å². The normalized spacial score (nSPS) is 19.3. The molecule has 1 aliphatic carbocycles. The lowest BCUT2D eigenvalue weighted by Gasteiger charge is -2.38. The Labute approximate surface area is 197 Å². The maximum Gasteiger partial charge on any atom is 0.326 e. The van der Waals surface area contributed by atoms with E-state index in [2.05, 4.69) is 38.8 Å². The van der Waals surface area contributed by atoms with Gasteiger partial charge in [0.05, 0.1) is 11.4 Å². The van der Waals surface area contributed by atoms with E-state index in [1.54, 1.807) is 17.3 Å². The number of carbonyl (C=O) groups is 1. The molecule has 1 saturated heterocycles. The van der Waals surface area contributed by atoms with Crippen LogP contribution in [0.5, 0.6) is 0 Å². The number of hydrogen-bond donors (Lipinski definition) is 2. The summed E-state index contributed by atoms with van der Waals surface area (Å²) in [6.45, 7) is 0.629. The first kappa shape index (κ1) is 20.8. The number of carboxylic acids is 1. The predicted octanol–water partition coefficient (Wildman–Crippen LogP) is 3.87. The Hall–Kier alpha value is -3.78. The van der Waals surface area contributed by atoms with Crippen LogP contribution in [-0.2, 0) is 10.3 Å². The van der Waals surface area contributed by atoms with Crippen molar-refractivity contribution < 1.29 is 9.90 Å². The van der Waals surface area contributed by atoms with Crippen LogP contribution < -0.4 is 10.6 Å². The highest BCUT2D eigenvalue weighted by Crippen LogP contribution is 2.39. The summed E-state index contributed by atoms with van der Waals surface area (Å²) in [4.78, 5) is 27.5. The first-order valence-electron chi connectivity index (χ1n) is 11.7. The third-order valence-electron chi connectivity index (χ3n) is 7.20. The average molecular weight is 455 g/mol. The smallest absolute Gasteiger partial charge is 0.326 e. The number of aliphatic carboxylic acids is 1. The topological polar surface area (TPSA) is 110 Å². The maximum atomic E-state index is 11.7. The zero-order valence-corrected chi connectivity index (χ0v) is 18.8. The number of aromatic nitrogens is 4. The van der Waals surface area contributed by atoms with Crippen LogP contribution >= 0.6 is 0 Å². The van der Waals surface area contributed by atoms with E-state index in [1.165, 1.54) is 0 Å². The minimum Gasteiger partial charge on any atom is -0.480 e. The zero-order valence-electron chi connectivity index (χ0n) is 18.8. The number of pyridine rings is 1. The van der Waals surface area contributed by atoms with E-state index >= 15 is 0 Å². The number of anilines is 1. The second-order valence-electron chi connectivity index (χ2n) is 9.28. The van der Waals surface area contributed by atoms with Crippen molar-refractivity contribution in [1.82, 2.24) is 19.5 Å². The lowest BCUT2D eigenvalue weighted by atomic mass is 9.73. The monoisotopic (exact) mass is 454 g/mol. The number of fused-ring (bicyclic) bond motifs is 1. The fraction of sp³-hybridized carbons (Fsp3) is 0.308. The third kappa shape index (κ3) is 3.33. The number of benzene rings is 1. The lowest BCUT2D eigenvalue weighted by Crippen LogP contribution is -2.43. The minimum atomic E-state index is -0.840. The summed E-state index contributed by atoms with van der Waals surface area (Å²) in [5.74, 6) is -0.399. The highest BCUT2D eigenvalue weighted by molar-refractivity contribution is 5.86. The Morgan fingerprint density at radius 2 is 1.91 bits per heavy atom. The van der Waals surface area contributed by atoms with Gasteiger partial charge in [0.25, 0.3) is 0 Å². The van der Waals surface area contributed by atoms with Gasteiger partial charge in [-0.25, -0.2) is 9.78 Å². The molecule has 3 aromatic heterocycles. The van der Waals surface area contributed by atoms with Gasteiger partial charge in [-0.3, -0.25) is 9.55 Å². The van der Waals surface area contributed by atoms with Gasteiger partial charge in [-0.2, -0.15) is 4.98 Å². The van der Waals surface area contributed by atoms with E-state index < -0.39 is 12.0 Å². The fourth-order valence-corrected chi connectivity index (χ4v) is 5.13. The summed E-state index contributed by atoms with van der Waals surface area (Å²) in [6, 6.07) is 15.6. The Bertz CT molecular complexity index is 1360. The van der Waals surface area contributed by atoms with Gasteiger partial charge in [0, 0.05) is 35.6 Å². The summed E-state index contributed by atoms with van der Waals surface area (Å²) in [5, 5.41) is 10.5. The number of nitrogens with two attached hydrogens (primary N) is 1. The maximum absolute atomic E-state index is 11.7. The van der Waals surface area contributed by atoms with Crippen molar-refractivity contribution in [3.63, 3.8) is 0 Å². The molecular weight excluding hydrogens is 428 g/mol. The van der Waals surface area contributed by atoms with Gasteiger partial charge in [0.2, 0.25) is 5.95 Å². The van der Waals surface area contributed by atoms with Crippen molar-refractivity contribution in [2.24, 2.45) is 5.73 Å². The molecule has 3 N–H and O–H groups in total. The standard InChI is InChI=1S/C26H26N6O2/c27-26(11-4-12-26)18-7-9-19(10-8-18)32-22(20-5-1-2-13-28-20)15-17-16-29-25(30-23(17)32)31-14-3-6-21(31)24(33)34/h1-2,5,7-10,13,15-16,21H,3-4,6,11-12,14,27H2,(H,33,34)/t21-/m0/s1. The van der Waals surface area contributed by atoms with Crippen molar-refractivity contribution in [3.05, 3.63) is 66.5 Å². The van der Waals surface area contributed by atoms with Crippen molar-refractivity contribution in [2.75, 3.05) is 11.4 Å². The van der Waals surface area contributed by atoms with E-state index in [-0.39, 0.29) is 5.54 Å². The predicted molar refractivity (Wildman–Crippen MR) is 130 cm³/mol. The minimum absolute atomic E-state index is 0.224. The molecule has 0 unspecified atom stereocenters. The average Bonchev–Trinajstić information content (AvgIpc) is 3.48. The van der Waals surface area contributed by atoms with Crippen molar-refractivity contribution >= 4 is 23.0 Å². The molecule has 0 bridgehead atoms. The van der Waals surface area contributed by atoms with E-state index in [4.69, 9.17) is 10.7 Å². The van der Waals surface area contributed by atoms with Gasteiger partial charge < -0.3 is 15.7 Å². The largest absolute Gasteiger partial charge is 0.480 e. The Morgan fingerprint density at radius 1 is 1.09 bits per heavy atom. The molecule has 4 aromatic rings. The van der Waals surface area contributed by atoms with Gasteiger partial charge in [0.1, 0.15) is 6.04 Å². The SMILES string of the molecule is NC1(c2ccc(-n3c(-c4ccccn4)cc4cnc(N5CCC[C@H]5C(=O)O)nc43)cc2)CCC1. The summed E-state index contributed by atoms with van der Waals surface area (Å²) < 4.78 is 2.07. The van der Waals surface area contributed by atoms with Gasteiger partial charge in [-0.1, -0.05) is 18.2 Å². The van der Waals surface area contributed by atoms with Crippen LogP contribution in [0.1, 0.15) is 37.7 Å². The summed E-state index contributed by atoms with van der Waals surface area (Å²) in [6.07, 6.45) is 8.13. The molecule has 0 spiro atoms. The number of nitrogens with zero attached hydrogens (tertiary/aromatic N) is 5. The van der Waals surface area contributed by atoms with Crippen LogP contribution in [0, 0.1) is 0 Å². The molecule has 8 heteroatoms. The van der Waals surface area contributed by atoms with Crippen LogP contribution in [-0.4, -0.2) is 43.2 Å². The molecule has 1 aliphatic heterocycles. The summed E-state index contributed by atoms with van der Waals surface area (Å²) in [7, 11) is 0. The van der Waals surface area contributed by atoms with E-state index in [0.29, 0.717) is 18.9 Å². The highest BCUT2D eigenvalue weighted by atomic mass is 16.4. The summed E-state index contributed by atoms with van der Waals surface area (Å²) >= 11 is 0. The number of carboxylic acid groups (broad SMARTS) is 1. The van der Waals surface area contributed by atoms with Crippen molar-refractivity contribution in [3.8, 4) is 17.1 Å². The molecule has 0 radical (unpaired) electrons. The van der Waals surface area contributed by atoms with Crippen LogP contribution in [0.3, 0.4) is 0 Å². The van der Waals surface area contributed by atoms with Gasteiger partial charge in [0.15, 0.2) is 5.65 Å². The molecule has 8 nitrogen and oxygen atoms in total. The molecular formula is C26H26N6O2. The molecule has 6 rings (SSSR count). The Kier molecular flexibility index (Phi) is 4.84. The number of hydrogen-bond acceptors (Lipinski definition) is 6. The van der Waals surface area contributed by atoms with Crippen LogP contribution in [0.25, 0.3) is 28.1 Å². The first-order chi connectivity index (χ1) is 16.5. The highest BCUT2D eigenvalue weighted by Gasteiger charge is 2.34. The van der Waals surface area contributed by atoms with E-state index in [9.17, 15) is 9.90 Å².